The SMILES string of the molecule is CC1CCC(C(C)[SiH3])C(C)(C)C1. The van der Waals surface area contributed by atoms with Gasteiger partial charge in [0.05, 0.1) is 0 Å². The second-order valence-electron chi connectivity index (χ2n) is 5.73. The van der Waals surface area contributed by atoms with E-state index in [9.17, 15) is 0 Å². The van der Waals surface area contributed by atoms with Gasteiger partial charge in [-0.25, -0.2) is 0 Å². The Morgan fingerprint density at radius 1 is 1.33 bits per heavy atom. The van der Waals surface area contributed by atoms with Crippen LogP contribution in [0, 0.1) is 17.3 Å². The van der Waals surface area contributed by atoms with Crippen molar-refractivity contribution in [2.75, 3.05) is 0 Å². The van der Waals surface area contributed by atoms with E-state index in [1.807, 2.05) is 0 Å². The fraction of sp³-hybridized carbons (Fsp3) is 1.00. The van der Waals surface area contributed by atoms with Crippen molar-refractivity contribution in [3.05, 3.63) is 0 Å². The normalized spacial score (nSPS) is 38.0. The van der Waals surface area contributed by atoms with Gasteiger partial charge in [0.2, 0.25) is 0 Å². The second kappa shape index (κ2) is 3.53. The maximum absolute atomic E-state index is 2.47. The summed E-state index contributed by atoms with van der Waals surface area (Å²) in [6.07, 6.45) is 4.41. The molecule has 72 valence electrons. The molecule has 0 N–H and O–H groups in total. The van der Waals surface area contributed by atoms with Crippen LogP contribution in [0.2, 0.25) is 5.54 Å². The van der Waals surface area contributed by atoms with Crippen molar-refractivity contribution in [1.82, 2.24) is 0 Å². The monoisotopic (exact) mass is 184 g/mol. The Hall–Kier alpha value is 0.217. The predicted octanol–water partition coefficient (Wildman–Crippen LogP) is 2.62. The molecule has 1 saturated carbocycles. The Morgan fingerprint density at radius 3 is 2.33 bits per heavy atom. The Kier molecular flexibility index (Phi) is 3.03. The molecule has 0 amide bonds. The van der Waals surface area contributed by atoms with Gasteiger partial charge >= 0.3 is 0 Å². The van der Waals surface area contributed by atoms with E-state index in [1.54, 1.807) is 0 Å². The summed E-state index contributed by atoms with van der Waals surface area (Å²) in [6.45, 7) is 9.80. The lowest BCUT2D eigenvalue weighted by Crippen LogP contribution is -2.33. The van der Waals surface area contributed by atoms with E-state index in [0.717, 1.165) is 17.4 Å². The first kappa shape index (κ1) is 10.3. The maximum atomic E-state index is 2.47. The van der Waals surface area contributed by atoms with Crippen LogP contribution in [0.4, 0.5) is 0 Å². The van der Waals surface area contributed by atoms with Crippen molar-refractivity contribution in [2.24, 2.45) is 17.3 Å². The Labute approximate surface area is 80.6 Å². The third-order valence-corrected chi connectivity index (χ3v) is 4.46. The molecule has 1 heteroatoms. The average molecular weight is 184 g/mol. The first-order valence-electron chi connectivity index (χ1n) is 5.43. The molecule has 0 nitrogen and oxygen atoms in total. The molecular weight excluding hydrogens is 160 g/mol. The van der Waals surface area contributed by atoms with Gasteiger partial charge in [-0.3, -0.25) is 0 Å². The molecule has 12 heavy (non-hydrogen) atoms. The van der Waals surface area contributed by atoms with Gasteiger partial charge < -0.3 is 0 Å². The van der Waals surface area contributed by atoms with Crippen molar-refractivity contribution >= 4 is 10.2 Å². The predicted molar refractivity (Wildman–Crippen MR) is 59.6 cm³/mol. The smallest absolute Gasteiger partial charge is 0.00675 e. The van der Waals surface area contributed by atoms with Gasteiger partial charge in [-0.1, -0.05) is 39.7 Å². The molecule has 1 rings (SSSR count). The minimum Gasteiger partial charge on any atom is -0.0655 e. The van der Waals surface area contributed by atoms with Crippen molar-refractivity contribution < 1.29 is 0 Å². The van der Waals surface area contributed by atoms with Crippen LogP contribution in [0.25, 0.3) is 0 Å². The van der Waals surface area contributed by atoms with Gasteiger partial charge in [0.1, 0.15) is 0 Å². The highest BCUT2D eigenvalue weighted by molar-refractivity contribution is 6.11. The molecule has 0 aliphatic heterocycles. The summed E-state index contributed by atoms with van der Waals surface area (Å²) in [6, 6.07) is 0. The first-order valence-corrected chi connectivity index (χ1v) is 6.59. The lowest BCUT2D eigenvalue weighted by molar-refractivity contribution is 0.0991. The van der Waals surface area contributed by atoms with E-state index >= 15 is 0 Å². The zero-order valence-corrected chi connectivity index (χ0v) is 11.4. The van der Waals surface area contributed by atoms with Crippen LogP contribution in [-0.4, -0.2) is 10.2 Å². The summed E-state index contributed by atoms with van der Waals surface area (Å²) in [5.41, 5.74) is 1.63. The fourth-order valence-corrected chi connectivity index (χ4v) is 4.48. The molecule has 0 aromatic carbocycles. The molecule has 1 aliphatic carbocycles. The van der Waals surface area contributed by atoms with Crippen molar-refractivity contribution in [3.63, 3.8) is 0 Å². The van der Waals surface area contributed by atoms with Gasteiger partial charge in [0, 0.05) is 10.2 Å². The lowest BCUT2D eigenvalue weighted by atomic mass is 9.64. The molecule has 3 unspecified atom stereocenters. The third kappa shape index (κ3) is 2.12. The third-order valence-electron chi connectivity index (χ3n) is 3.65. The zero-order chi connectivity index (χ0) is 9.35. The van der Waals surface area contributed by atoms with Gasteiger partial charge in [0.15, 0.2) is 0 Å². The molecule has 0 bridgehead atoms. The highest BCUT2D eigenvalue weighted by Crippen LogP contribution is 2.47. The van der Waals surface area contributed by atoms with Gasteiger partial charge in [-0.05, 0) is 30.1 Å². The van der Waals surface area contributed by atoms with Crippen molar-refractivity contribution in [2.45, 2.75) is 52.5 Å². The summed E-state index contributed by atoms with van der Waals surface area (Å²) in [7, 11) is 1.37. The van der Waals surface area contributed by atoms with Crippen LogP contribution in [0.1, 0.15) is 47.0 Å². The van der Waals surface area contributed by atoms with Gasteiger partial charge in [0.25, 0.3) is 0 Å². The van der Waals surface area contributed by atoms with Crippen LogP contribution < -0.4 is 0 Å². The highest BCUT2D eigenvalue weighted by atomic mass is 28.1. The van der Waals surface area contributed by atoms with Crippen LogP contribution >= 0.6 is 0 Å². The van der Waals surface area contributed by atoms with Crippen LogP contribution in [0.3, 0.4) is 0 Å². The molecule has 3 atom stereocenters. The molecule has 0 spiro atoms. The summed E-state index contributed by atoms with van der Waals surface area (Å²) >= 11 is 0. The second-order valence-corrected chi connectivity index (χ2v) is 7.55. The van der Waals surface area contributed by atoms with Gasteiger partial charge in [-0.15, -0.1) is 0 Å². The summed E-state index contributed by atoms with van der Waals surface area (Å²) in [4.78, 5) is 0. The molecule has 0 heterocycles. The molecule has 1 aliphatic rings. The van der Waals surface area contributed by atoms with Crippen molar-refractivity contribution in [1.29, 1.82) is 0 Å². The molecule has 0 aromatic heterocycles. The van der Waals surface area contributed by atoms with Crippen LogP contribution in [0.15, 0.2) is 0 Å². The number of rotatable bonds is 1. The van der Waals surface area contributed by atoms with E-state index in [1.165, 1.54) is 29.5 Å². The molecule has 0 radical (unpaired) electrons. The standard InChI is InChI=1S/C11H24Si/c1-8-5-6-10(9(2)12)11(3,4)7-8/h8-10H,5-7H2,1-4,12H3. The number of hydrogen-bond acceptors (Lipinski definition) is 0. The van der Waals surface area contributed by atoms with Gasteiger partial charge in [-0.2, -0.15) is 0 Å². The summed E-state index contributed by atoms with van der Waals surface area (Å²) < 4.78 is 0. The minimum absolute atomic E-state index is 0.624. The van der Waals surface area contributed by atoms with E-state index in [2.05, 4.69) is 27.7 Å². The van der Waals surface area contributed by atoms with Crippen molar-refractivity contribution in [3.8, 4) is 0 Å². The molecule has 0 aromatic rings. The zero-order valence-electron chi connectivity index (χ0n) is 9.35. The van der Waals surface area contributed by atoms with Crippen LogP contribution in [-0.2, 0) is 0 Å². The Morgan fingerprint density at radius 2 is 1.92 bits per heavy atom. The highest BCUT2D eigenvalue weighted by Gasteiger charge is 2.36. The largest absolute Gasteiger partial charge is 0.0655 e. The lowest BCUT2D eigenvalue weighted by Gasteiger charge is -2.44. The fourth-order valence-electron chi connectivity index (χ4n) is 3.24. The topological polar surface area (TPSA) is 0 Å². The quantitative estimate of drug-likeness (QED) is 0.550. The summed E-state index contributed by atoms with van der Waals surface area (Å²) in [5, 5.41) is 0. The minimum atomic E-state index is 0.624. The Balaban J connectivity index is 2.64. The van der Waals surface area contributed by atoms with E-state index < -0.39 is 0 Å². The molecular formula is C11H24Si. The Bertz CT molecular complexity index is 149. The number of hydrogen-bond donors (Lipinski definition) is 0. The molecule has 1 fully saturated rings. The average Bonchev–Trinajstić information content (AvgIpc) is 1.82. The van der Waals surface area contributed by atoms with E-state index in [4.69, 9.17) is 0 Å². The molecule has 0 saturated heterocycles. The van der Waals surface area contributed by atoms with E-state index in [0.29, 0.717) is 5.41 Å². The van der Waals surface area contributed by atoms with E-state index in [-0.39, 0.29) is 0 Å². The maximum Gasteiger partial charge on any atom is 0.00675 e. The summed E-state index contributed by atoms with van der Waals surface area (Å²) in [5.74, 6) is 1.98. The first-order chi connectivity index (χ1) is 5.43. The van der Waals surface area contributed by atoms with Crippen LogP contribution in [0.5, 0.6) is 0 Å².